The summed E-state index contributed by atoms with van der Waals surface area (Å²) in [4.78, 5) is 40.7. The van der Waals surface area contributed by atoms with E-state index in [4.69, 9.17) is 0 Å². The highest BCUT2D eigenvalue weighted by Crippen LogP contribution is 2.70. The Morgan fingerprint density at radius 3 is 2.17 bits per heavy atom. The fraction of sp³-hybridized carbons (Fsp3) is 0.444. The van der Waals surface area contributed by atoms with E-state index < -0.39 is 45.2 Å². The lowest BCUT2D eigenvalue weighted by molar-refractivity contribution is -0.130. The molecular weight excluding hydrogens is 478 g/mol. The molecule has 8 nitrogen and oxygen atoms in total. The average Bonchev–Trinajstić information content (AvgIpc) is 3.29. The van der Waals surface area contributed by atoms with Gasteiger partial charge in [-0.3, -0.25) is 14.4 Å². The first kappa shape index (κ1) is 22.2. The first-order valence-corrected chi connectivity index (χ1v) is 14.1. The minimum absolute atomic E-state index is 0.0182. The maximum absolute atomic E-state index is 14.1. The predicted molar refractivity (Wildman–Crippen MR) is 130 cm³/mol. The zero-order chi connectivity index (χ0) is 25.2. The van der Waals surface area contributed by atoms with Crippen LogP contribution < -0.4 is 0 Å². The molecule has 7 rings (SSSR count). The van der Waals surface area contributed by atoms with Crippen LogP contribution in [-0.2, 0) is 14.8 Å². The van der Waals surface area contributed by atoms with E-state index in [-0.39, 0.29) is 28.3 Å². The summed E-state index contributed by atoms with van der Waals surface area (Å²) in [5, 5.41) is 2.51. The molecule has 2 aliphatic carbocycles. The van der Waals surface area contributed by atoms with Crippen molar-refractivity contribution in [2.75, 3.05) is 5.75 Å². The van der Waals surface area contributed by atoms with Gasteiger partial charge in [-0.2, -0.15) is 5.01 Å². The summed E-state index contributed by atoms with van der Waals surface area (Å²) in [6.45, 7) is 4.28. The molecule has 0 radical (unpaired) electrons. The standard InChI is InChI=1S/C27H27N3O5S/c1-26(2)17-12-13-27(26)15-36(34,35)30(20(27)14-17)25(33)22-21(16-8-4-3-5-9-16)28(22)29-23(31)18-10-6-7-11-19(18)24(29)32/h3-11,17,20-22H,12-15H2,1-2H3/t17-,20-,21+,22-,27-,28?/m1/s1. The van der Waals surface area contributed by atoms with Crippen molar-refractivity contribution in [1.82, 2.24) is 14.3 Å². The van der Waals surface area contributed by atoms with E-state index >= 15 is 0 Å². The topological polar surface area (TPSA) is 94.8 Å². The molecule has 3 heterocycles. The van der Waals surface area contributed by atoms with Crippen LogP contribution in [0.1, 0.15) is 65.4 Å². The first-order chi connectivity index (χ1) is 17.1. The van der Waals surface area contributed by atoms with Crippen molar-refractivity contribution in [2.24, 2.45) is 16.7 Å². The summed E-state index contributed by atoms with van der Waals surface area (Å²) in [6.07, 6.45) is 2.46. The van der Waals surface area contributed by atoms with Gasteiger partial charge in [0, 0.05) is 5.41 Å². The summed E-state index contributed by atoms with van der Waals surface area (Å²) >= 11 is 0. The van der Waals surface area contributed by atoms with Crippen molar-refractivity contribution in [1.29, 1.82) is 0 Å². The molecule has 6 atom stereocenters. The highest BCUT2D eigenvalue weighted by molar-refractivity contribution is 7.90. The van der Waals surface area contributed by atoms with Crippen LogP contribution in [0, 0.1) is 16.7 Å². The third kappa shape index (κ3) is 2.52. The number of hydrazine groups is 1. The SMILES string of the molecule is CC1(C)[C@@H]2CC[C@]13CS(=O)(=O)N(C(=O)[C@H]1[C@H](c4ccccc4)N1N1C(=O)c4ccccc4C1=O)[C@@H]3C2. The van der Waals surface area contributed by atoms with Gasteiger partial charge in [0.2, 0.25) is 10.0 Å². The van der Waals surface area contributed by atoms with Crippen molar-refractivity contribution in [3.8, 4) is 0 Å². The third-order valence-corrected chi connectivity index (χ3v) is 11.7. The first-order valence-electron chi connectivity index (χ1n) is 12.5. The minimum atomic E-state index is -3.83. The van der Waals surface area contributed by atoms with Gasteiger partial charge in [-0.1, -0.05) is 56.3 Å². The molecule has 5 aliphatic rings. The molecule has 1 spiro atoms. The Balaban J connectivity index is 1.29. The van der Waals surface area contributed by atoms with Gasteiger partial charge in [-0.05, 0) is 48.3 Å². The second-order valence-electron chi connectivity index (χ2n) is 11.4. The van der Waals surface area contributed by atoms with Crippen LogP contribution in [-0.4, -0.2) is 58.3 Å². The molecular formula is C27H27N3O5S. The van der Waals surface area contributed by atoms with Crippen LogP contribution in [0.15, 0.2) is 54.6 Å². The van der Waals surface area contributed by atoms with E-state index in [1.165, 1.54) is 5.01 Å². The Morgan fingerprint density at radius 1 is 0.944 bits per heavy atom. The molecule has 2 aromatic rings. The van der Waals surface area contributed by atoms with Gasteiger partial charge < -0.3 is 0 Å². The quantitative estimate of drug-likeness (QED) is 0.470. The van der Waals surface area contributed by atoms with Gasteiger partial charge in [-0.25, -0.2) is 17.7 Å². The van der Waals surface area contributed by atoms with E-state index in [0.717, 1.165) is 27.7 Å². The number of benzene rings is 2. The van der Waals surface area contributed by atoms with Crippen molar-refractivity contribution < 1.29 is 22.8 Å². The van der Waals surface area contributed by atoms with Gasteiger partial charge in [0.25, 0.3) is 17.7 Å². The van der Waals surface area contributed by atoms with Crippen LogP contribution in [0.2, 0.25) is 0 Å². The number of amides is 3. The third-order valence-electron chi connectivity index (χ3n) is 9.81. The van der Waals surface area contributed by atoms with Gasteiger partial charge in [0.1, 0.15) is 6.04 Å². The number of carbonyl (C=O) groups excluding carboxylic acids is 3. The molecule has 4 fully saturated rings. The molecule has 2 aromatic carbocycles. The number of fused-ring (bicyclic) bond motifs is 2. The number of nitrogens with zero attached hydrogens (tertiary/aromatic N) is 3. The van der Waals surface area contributed by atoms with Crippen molar-refractivity contribution in [3.63, 3.8) is 0 Å². The molecule has 0 aromatic heterocycles. The van der Waals surface area contributed by atoms with Crippen LogP contribution in [0.25, 0.3) is 0 Å². The molecule has 3 aliphatic heterocycles. The Labute approximate surface area is 209 Å². The summed E-state index contributed by atoms with van der Waals surface area (Å²) in [7, 11) is -3.83. The molecule has 36 heavy (non-hydrogen) atoms. The normalized spacial score (nSPS) is 36.8. The van der Waals surface area contributed by atoms with E-state index in [0.29, 0.717) is 12.3 Å². The van der Waals surface area contributed by atoms with E-state index in [1.807, 2.05) is 30.3 Å². The largest absolute Gasteiger partial charge is 0.276 e. The fourth-order valence-corrected chi connectivity index (χ4v) is 10.4. The van der Waals surface area contributed by atoms with E-state index in [2.05, 4.69) is 13.8 Å². The number of carbonyl (C=O) groups is 3. The zero-order valence-corrected chi connectivity index (χ0v) is 20.9. The highest BCUT2D eigenvalue weighted by atomic mass is 32.2. The summed E-state index contributed by atoms with van der Waals surface area (Å²) < 4.78 is 28.2. The molecule has 1 unspecified atom stereocenters. The Hall–Kier alpha value is -3.04. The molecule has 2 saturated heterocycles. The monoisotopic (exact) mass is 505 g/mol. The minimum Gasteiger partial charge on any atom is -0.272 e. The lowest BCUT2D eigenvalue weighted by Crippen LogP contribution is -2.47. The number of hydrogen-bond donors (Lipinski definition) is 0. The van der Waals surface area contributed by atoms with Gasteiger partial charge in [-0.15, -0.1) is 0 Å². The lowest BCUT2D eigenvalue weighted by atomic mass is 9.69. The molecule has 186 valence electrons. The number of rotatable bonds is 3. The average molecular weight is 506 g/mol. The highest BCUT2D eigenvalue weighted by Gasteiger charge is 2.74. The molecule has 3 amide bonds. The van der Waals surface area contributed by atoms with Crippen LogP contribution in [0.3, 0.4) is 0 Å². The van der Waals surface area contributed by atoms with Gasteiger partial charge >= 0.3 is 0 Å². The second-order valence-corrected chi connectivity index (χ2v) is 13.2. The number of imide groups is 1. The number of sulfonamides is 1. The molecule has 2 saturated carbocycles. The zero-order valence-electron chi connectivity index (χ0n) is 20.1. The Morgan fingerprint density at radius 2 is 1.56 bits per heavy atom. The predicted octanol–water partition coefficient (Wildman–Crippen LogP) is 2.99. The summed E-state index contributed by atoms with van der Waals surface area (Å²) in [5.74, 6) is -1.16. The Kier molecular flexibility index (Phi) is 4.21. The van der Waals surface area contributed by atoms with Crippen LogP contribution >= 0.6 is 0 Å². The van der Waals surface area contributed by atoms with Crippen LogP contribution in [0.4, 0.5) is 0 Å². The van der Waals surface area contributed by atoms with Crippen molar-refractivity contribution in [2.45, 2.75) is 51.2 Å². The van der Waals surface area contributed by atoms with Gasteiger partial charge in [0.05, 0.1) is 29.0 Å². The summed E-state index contributed by atoms with van der Waals surface area (Å²) in [6, 6.07) is 13.9. The van der Waals surface area contributed by atoms with Gasteiger partial charge in [0.15, 0.2) is 0 Å². The lowest BCUT2D eigenvalue weighted by Gasteiger charge is -2.37. The maximum atomic E-state index is 14.1. The Bertz CT molecular complexity index is 1420. The number of hydrogen-bond acceptors (Lipinski definition) is 6. The maximum Gasteiger partial charge on any atom is 0.276 e. The smallest absolute Gasteiger partial charge is 0.272 e. The fourth-order valence-electron chi connectivity index (χ4n) is 7.80. The van der Waals surface area contributed by atoms with E-state index in [1.54, 1.807) is 24.3 Å². The second kappa shape index (κ2) is 6.83. The summed E-state index contributed by atoms with van der Waals surface area (Å²) in [5.41, 5.74) is 0.727. The molecule has 0 N–H and O–H groups in total. The molecule has 2 bridgehead atoms. The molecule has 9 heteroatoms. The van der Waals surface area contributed by atoms with Crippen molar-refractivity contribution in [3.05, 3.63) is 71.3 Å². The van der Waals surface area contributed by atoms with Crippen molar-refractivity contribution >= 4 is 27.7 Å². The van der Waals surface area contributed by atoms with Crippen LogP contribution in [0.5, 0.6) is 0 Å². The van der Waals surface area contributed by atoms with E-state index in [9.17, 15) is 22.8 Å².